The number of carbonyl (C=O) groups excluding carboxylic acids is 1. The minimum Gasteiger partial charge on any atom is -0.491 e. The number of piperazine rings is 2. The Labute approximate surface area is 315 Å². The first-order valence-corrected chi connectivity index (χ1v) is 21.4. The first-order chi connectivity index (χ1) is 24.6. The molecule has 7 atom stereocenters. The molecule has 0 aromatic heterocycles. The van der Waals surface area contributed by atoms with Crippen LogP contribution >= 0.6 is 11.6 Å². The number of ether oxygens (including phenoxy) is 1. The van der Waals surface area contributed by atoms with Gasteiger partial charge in [-0.1, -0.05) is 51.3 Å². The monoisotopic (exact) mass is 739 g/mol. The molecule has 3 heterocycles. The zero-order chi connectivity index (χ0) is 36.1. The molecule has 3 aliphatic heterocycles. The van der Waals surface area contributed by atoms with Crippen LogP contribution in [0.25, 0.3) is 0 Å². The molecule has 10 heteroatoms. The van der Waals surface area contributed by atoms with Crippen molar-refractivity contribution < 1.29 is 13.7 Å². The van der Waals surface area contributed by atoms with Gasteiger partial charge in [-0.3, -0.25) is 14.4 Å². The van der Waals surface area contributed by atoms with E-state index in [0.717, 1.165) is 55.2 Å². The van der Waals surface area contributed by atoms with Gasteiger partial charge in [0.1, 0.15) is 16.7 Å². The summed E-state index contributed by atoms with van der Waals surface area (Å²) in [7, 11) is 0.802. The van der Waals surface area contributed by atoms with Crippen molar-refractivity contribution in [3.05, 3.63) is 58.1 Å². The van der Waals surface area contributed by atoms with Crippen LogP contribution < -0.4 is 14.4 Å². The van der Waals surface area contributed by atoms with Crippen molar-refractivity contribution in [2.45, 2.75) is 89.9 Å². The van der Waals surface area contributed by atoms with Crippen molar-refractivity contribution in [2.24, 2.45) is 17.8 Å². The second kappa shape index (κ2) is 17.8. The summed E-state index contributed by atoms with van der Waals surface area (Å²) in [5.41, 5.74) is 4.10. The average molecular weight is 740 g/mol. The fraction of sp³-hybridized carbons (Fsp3) is 0.683. The third-order valence-electron chi connectivity index (χ3n) is 12.4. The maximum atomic E-state index is 13.5. The number of hydrogen-bond acceptors (Lipinski definition) is 7. The molecule has 3 fully saturated rings. The molecule has 0 radical (unpaired) electrons. The number of fused-ring (bicyclic) bond motifs is 2. The van der Waals surface area contributed by atoms with E-state index in [1.807, 2.05) is 31.2 Å². The van der Waals surface area contributed by atoms with Crippen molar-refractivity contribution in [1.82, 2.24) is 19.4 Å². The van der Waals surface area contributed by atoms with Crippen molar-refractivity contribution in [3.8, 4) is 5.75 Å². The van der Waals surface area contributed by atoms with Crippen LogP contribution in [0, 0.1) is 17.8 Å². The maximum Gasteiger partial charge on any atom is 0.263 e. The van der Waals surface area contributed by atoms with Crippen LogP contribution in [0.15, 0.2) is 36.4 Å². The predicted molar refractivity (Wildman–Crippen MR) is 212 cm³/mol. The summed E-state index contributed by atoms with van der Waals surface area (Å²) in [6.45, 7) is 19.1. The summed E-state index contributed by atoms with van der Waals surface area (Å²) in [5, 5.41) is 0.660. The number of halogens is 1. The minimum atomic E-state index is -1.46. The lowest BCUT2D eigenvalue weighted by Gasteiger charge is -2.47. The summed E-state index contributed by atoms with van der Waals surface area (Å²) >= 11 is 6.49. The summed E-state index contributed by atoms with van der Waals surface area (Å²) < 4.78 is 22.6. The Hall–Kier alpha value is -2.17. The summed E-state index contributed by atoms with van der Waals surface area (Å²) in [6, 6.07) is 12.7. The van der Waals surface area contributed by atoms with Crippen LogP contribution in [0.1, 0.15) is 93.6 Å². The van der Waals surface area contributed by atoms with E-state index in [1.54, 1.807) is 0 Å². The molecule has 4 aliphatic rings. The molecule has 1 amide bonds. The van der Waals surface area contributed by atoms with Gasteiger partial charge in [-0.25, -0.2) is 4.21 Å². The smallest absolute Gasteiger partial charge is 0.263 e. The van der Waals surface area contributed by atoms with Gasteiger partial charge in [-0.05, 0) is 112 Å². The van der Waals surface area contributed by atoms with Crippen LogP contribution in [-0.2, 0) is 17.4 Å². The van der Waals surface area contributed by atoms with E-state index >= 15 is 0 Å². The van der Waals surface area contributed by atoms with E-state index in [2.05, 4.69) is 64.3 Å². The zero-order valence-electron chi connectivity index (χ0n) is 31.7. The Kier molecular flexibility index (Phi) is 13.4. The quantitative estimate of drug-likeness (QED) is 0.228. The van der Waals surface area contributed by atoms with E-state index in [-0.39, 0.29) is 23.0 Å². The molecule has 51 heavy (non-hydrogen) atoms. The summed E-state index contributed by atoms with van der Waals surface area (Å²) in [5.74, 6) is 2.27. The van der Waals surface area contributed by atoms with E-state index < -0.39 is 11.0 Å². The number of aryl methyl sites for hydroxylation is 1. The number of benzene rings is 2. The highest BCUT2D eigenvalue weighted by Crippen LogP contribution is 2.42. The summed E-state index contributed by atoms with van der Waals surface area (Å²) in [4.78, 5) is 24.0. The maximum absolute atomic E-state index is 13.5. The molecule has 0 spiro atoms. The molecule has 2 aromatic rings. The van der Waals surface area contributed by atoms with Gasteiger partial charge >= 0.3 is 0 Å². The molecule has 7 unspecified atom stereocenters. The number of amides is 1. The van der Waals surface area contributed by atoms with Crippen LogP contribution in [0.3, 0.4) is 0 Å². The lowest BCUT2D eigenvalue weighted by atomic mass is 9.71. The number of anilines is 1. The fourth-order valence-corrected chi connectivity index (χ4v) is 10.1. The van der Waals surface area contributed by atoms with E-state index in [9.17, 15) is 9.00 Å². The largest absolute Gasteiger partial charge is 0.491 e. The Balaban J connectivity index is 1.18. The molecule has 2 saturated heterocycles. The third kappa shape index (κ3) is 9.50. The Morgan fingerprint density at radius 2 is 1.80 bits per heavy atom. The van der Waals surface area contributed by atoms with Gasteiger partial charge in [0, 0.05) is 74.9 Å². The van der Waals surface area contributed by atoms with E-state index in [0.29, 0.717) is 30.0 Å². The van der Waals surface area contributed by atoms with Crippen LogP contribution in [0.4, 0.5) is 5.69 Å². The molecular weight excluding hydrogens is 678 g/mol. The van der Waals surface area contributed by atoms with Gasteiger partial charge in [0.15, 0.2) is 0 Å². The third-order valence-corrected chi connectivity index (χ3v) is 14.2. The number of rotatable bonds is 14. The van der Waals surface area contributed by atoms with Crippen LogP contribution in [0.2, 0.25) is 5.02 Å². The number of likely N-dealkylation sites (N-methyl/N-ethyl adjacent to an activating group) is 1. The summed E-state index contributed by atoms with van der Waals surface area (Å²) in [6.07, 6.45) is 7.82. The standard InChI is InChI=1S/C41H62ClN5O3S/c1-6-8-29(3)30(4)51(49)43-41(48)33-12-15-40-39(23-33)47(25-35(28-50-40)38-14-13-36(42)22-32(38)9-7-2)24-34-11-10-31(34)16-17-45-19-21-46-20-18-44(5)26-37(46)27-45/h12-15,22-23,29-31,34-35,37H,6-11,16-21,24-28H2,1-5H3,(H,43,48). The van der Waals surface area contributed by atoms with Gasteiger partial charge in [-0.2, -0.15) is 0 Å². The number of nitrogens with zero attached hydrogens (tertiary/aromatic N) is 4. The zero-order valence-corrected chi connectivity index (χ0v) is 33.3. The van der Waals surface area contributed by atoms with Crippen LogP contribution in [0.5, 0.6) is 5.75 Å². The first-order valence-electron chi connectivity index (χ1n) is 19.8. The highest BCUT2D eigenvalue weighted by atomic mass is 35.5. The van der Waals surface area contributed by atoms with Crippen LogP contribution in [-0.4, -0.2) is 109 Å². The Bertz CT molecular complexity index is 1510. The van der Waals surface area contributed by atoms with Gasteiger partial charge in [0.25, 0.3) is 5.91 Å². The number of nitrogens with one attached hydrogen (secondary N) is 1. The Morgan fingerprint density at radius 1 is 1.00 bits per heavy atom. The molecule has 8 nitrogen and oxygen atoms in total. The molecule has 2 aromatic carbocycles. The normalized spacial score (nSPS) is 26.2. The van der Waals surface area contributed by atoms with E-state index in [4.69, 9.17) is 16.3 Å². The SMILES string of the molecule is CCCc1cc(Cl)ccc1C1COc2ccc(C(=O)NS(=O)C(C)C(C)CCC)cc2N(CC2CCC2CCN2CCN3CCN(C)CC3C2)C1. The number of carbonyl (C=O) groups is 1. The van der Waals surface area contributed by atoms with Gasteiger partial charge < -0.3 is 19.4 Å². The lowest BCUT2D eigenvalue weighted by Crippen LogP contribution is -2.61. The van der Waals surface area contributed by atoms with Crippen molar-refractivity contribution >= 4 is 34.2 Å². The molecule has 0 bridgehead atoms. The minimum absolute atomic E-state index is 0.115. The van der Waals surface area contributed by atoms with Crippen molar-refractivity contribution in [1.29, 1.82) is 0 Å². The highest BCUT2D eigenvalue weighted by Gasteiger charge is 2.37. The lowest BCUT2D eigenvalue weighted by molar-refractivity contribution is 0.0149. The fourth-order valence-electron chi connectivity index (χ4n) is 8.87. The molecule has 282 valence electrons. The molecular formula is C41H62ClN5O3S. The topological polar surface area (TPSA) is 68.4 Å². The van der Waals surface area contributed by atoms with E-state index in [1.165, 1.54) is 76.2 Å². The van der Waals surface area contributed by atoms with Gasteiger partial charge in [-0.15, -0.1) is 0 Å². The predicted octanol–water partition coefficient (Wildman–Crippen LogP) is 6.84. The molecule has 1 aliphatic carbocycles. The van der Waals surface area contributed by atoms with Crippen molar-refractivity contribution in [2.75, 3.05) is 77.5 Å². The highest BCUT2D eigenvalue weighted by molar-refractivity contribution is 7.84. The molecule has 1 N–H and O–H groups in total. The Morgan fingerprint density at radius 3 is 2.57 bits per heavy atom. The first kappa shape index (κ1) is 38.6. The second-order valence-electron chi connectivity index (χ2n) is 16.0. The van der Waals surface area contributed by atoms with Gasteiger partial charge in [0.2, 0.25) is 0 Å². The molecule has 6 rings (SSSR count). The molecule has 1 saturated carbocycles. The average Bonchev–Trinajstić information content (AvgIpc) is 3.29. The second-order valence-corrected chi connectivity index (χ2v) is 18.0. The van der Waals surface area contributed by atoms with Gasteiger partial charge in [0.05, 0.1) is 17.5 Å². The van der Waals surface area contributed by atoms with Crippen molar-refractivity contribution in [3.63, 3.8) is 0 Å². The number of hydrogen-bond donors (Lipinski definition) is 1.